The number of anilines is 1. The number of ether oxygens (including phenoxy) is 1. The fraction of sp³-hybridized carbons (Fsp3) is 0.100. The highest BCUT2D eigenvalue weighted by Crippen LogP contribution is 2.16. The third-order valence-corrected chi connectivity index (χ3v) is 4.27. The van der Waals surface area contributed by atoms with Crippen LogP contribution in [0.2, 0.25) is 5.02 Å². The number of hydrogen-bond donors (Lipinski definition) is 2. The largest absolute Gasteiger partial charge is 0.497 e. The van der Waals surface area contributed by atoms with Crippen molar-refractivity contribution in [3.63, 3.8) is 0 Å². The van der Waals surface area contributed by atoms with Gasteiger partial charge in [-0.2, -0.15) is 5.10 Å². The molecule has 2 N–H and O–H groups in total. The average molecular weight is 399 g/mol. The molecule has 2 aromatic carbocycles. The Morgan fingerprint density at radius 1 is 1.19 bits per heavy atom. The summed E-state index contributed by atoms with van der Waals surface area (Å²) in [7, 11) is 1.62. The molecular formula is C20H19ClN4OS. The van der Waals surface area contributed by atoms with Gasteiger partial charge in [0.2, 0.25) is 0 Å². The van der Waals surface area contributed by atoms with Crippen LogP contribution in [0, 0.1) is 0 Å². The van der Waals surface area contributed by atoms with E-state index in [9.17, 15) is 0 Å². The lowest BCUT2D eigenvalue weighted by molar-refractivity contribution is 0.415. The Morgan fingerprint density at radius 2 is 2.00 bits per heavy atom. The van der Waals surface area contributed by atoms with E-state index in [0.29, 0.717) is 5.11 Å². The molecule has 0 spiro atoms. The van der Waals surface area contributed by atoms with Crippen molar-refractivity contribution in [3.8, 4) is 5.75 Å². The molecule has 0 amide bonds. The summed E-state index contributed by atoms with van der Waals surface area (Å²) in [5.41, 5.74) is 5.77. The quantitative estimate of drug-likeness (QED) is 0.364. The Hall–Kier alpha value is -2.83. The fourth-order valence-corrected chi connectivity index (χ4v) is 2.79. The summed E-state index contributed by atoms with van der Waals surface area (Å²) in [6.07, 6.45) is 3.73. The maximum atomic E-state index is 5.94. The van der Waals surface area contributed by atoms with Crippen LogP contribution in [0.1, 0.15) is 11.3 Å². The molecule has 0 saturated carbocycles. The highest BCUT2D eigenvalue weighted by atomic mass is 35.5. The Balaban J connectivity index is 1.57. The summed E-state index contributed by atoms with van der Waals surface area (Å²) in [5, 5.41) is 8.41. The number of nitrogens with zero attached hydrogens (tertiary/aromatic N) is 2. The number of hydrazone groups is 1. The number of methoxy groups -OCH3 is 1. The Morgan fingerprint density at radius 3 is 2.78 bits per heavy atom. The van der Waals surface area contributed by atoms with Crippen molar-refractivity contribution in [1.29, 1.82) is 0 Å². The minimum absolute atomic E-state index is 0.398. The predicted octanol–water partition coefficient (Wildman–Crippen LogP) is 4.52. The Kier molecular flexibility index (Phi) is 6.46. The van der Waals surface area contributed by atoms with Crippen molar-refractivity contribution >= 4 is 40.8 Å². The van der Waals surface area contributed by atoms with Gasteiger partial charge in [0.05, 0.1) is 19.0 Å². The zero-order chi connectivity index (χ0) is 19.1. The van der Waals surface area contributed by atoms with E-state index in [4.69, 9.17) is 28.6 Å². The lowest BCUT2D eigenvalue weighted by atomic mass is 10.2. The summed E-state index contributed by atoms with van der Waals surface area (Å²) in [4.78, 5) is 0. The van der Waals surface area contributed by atoms with E-state index in [1.54, 1.807) is 13.3 Å². The molecule has 0 atom stereocenters. The molecule has 0 saturated heterocycles. The minimum Gasteiger partial charge on any atom is -0.497 e. The standard InChI is InChI=1S/C20H19ClN4OS/c1-26-19-6-2-4-17(12-19)23-20(27)24-22-13-18-5-3-11-25(18)14-15-7-9-16(21)10-8-15/h2-13H,14H2,1H3,(H2,23,24,27). The number of rotatable bonds is 6. The van der Waals surface area contributed by atoms with Gasteiger partial charge >= 0.3 is 0 Å². The zero-order valence-corrected chi connectivity index (χ0v) is 16.3. The molecule has 0 aliphatic carbocycles. The SMILES string of the molecule is COc1cccc(NC(=S)NN=Cc2cccn2Cc2ccc(Cl)cc2)c1. The predicted molar refractivity (Wildman–Crippen MR) is 115 cm³/mol. The van der Waals surface area contributed by atoms with Gasteiger partial charge in [-0.15, -0.1) is 0 Å². The average Bonchev–Trinajstić information content (AvgIpc) is 3.11. The number of aromatic nitrogens is 1. The van der Waals surface area contributed by atoms with Crippen LogP contribution in [-0.2, 0) is 6.54 Å². The Labute approximate surface area is 168 Å². The molecule has 0 unspecified atom stereocenters. The highest BCUT2D eigenvalue weighted by molar-refractivity contribution is 7.80. The van der Waals surface area contributed by atoms with E-state index in [-0.39, 0.29) is 0 Å². The van der Waals surface area contributed by atoms with Crippen LogP contribution >= 0.6 is 23.8 Å². The first-order valence-electron chi connectivity index (χ1n) is 8.28. The summed E-state index contributed by atoms with van der Waals surface area (Å²) < 4.78 is 7.28. The molecule has 0 radical (unpaired) electrons. The maximum Gasteiger partial charge on any atom is 0.191 e. The first kappa shape index (κ1) is 18.9. The molecule has 1 aromatic heterocycles. The number of thiocarbonyl (C=S) groups is 1. The third kappa shape index (κ3) is 5.57. The van der Waals surface area contributed by atoms with Crippen molar-refractivity contribution in [1.82, 2.24) is 9.99 Å². The first-order chi connectivity index (χ1) is 13.1. The molecule has 5 nitrogen and oxygen atoms in total. The molecule has 0 bridgehead atoms. The maximum absolute atomic E-state index is 5.94. The molecule has 0 aliphatic heterocycles. The van der Waals surface area contributed by atoms with Crippen LogP contribution in [-0.4, -0.2) is 23.0 Å². The zero-order valence-electron chi connectivity index (χ0n) is 14.7. The summed E-state index contributed by atoms with van der Waals surface area (Å²) in [6, 6.07) is 19.3. The normalized spacial score (nSPS) is 10.7. The van der Waals surface area contributed by atoms with Gasteiger partial charge in [-0.25, -0.2) is 0 Å². The second-order valence-corrected chi connectivity index (χ2v) is 6.59. The number of halogens is 1. The number of nitrogens with one attached hydrogen (secondary N) is 2. The molecule has 138 valence electrons. The van der Waals surface area contributed by atoms with Crippen molar-refractivity contribution < 1.29 is 4.74 Å². The highest BCUT2D eigenvalue weighted by Gasteiger charge is 2.01. The van der Waals surface area contributed by atoms with Crippen molar-refractivity contribution in [3.05, 3.63) is 83.1 Å². The van der Waals surface area contributed by atoms with E-state index in [2.05, 4.69) is 20.4 Å². The van der Waals surface area contributed by atoms with Crippen molar-refractivity contribution in [2.24, 2.45) is 5.10 Å². The lowest BCUT2D eigenvalue weighted by Gasteiger charge is -2.09. The summed E-state index contributed by atoms with van der Waals surface area (Å²) in [5.74, 6) is 0.756. The van der Waals surface area contributed by atoms with E-state index < -0.39 is 0 Å². The van der Waals surface area contributed by atoms with Crippen LogP contribution < -0.4 is 15.5 Å². The summed E-state index contributed by atoms with van der Waals surface area (Å²) in [6.45, 7) is 0.734. The number of hydrogen-bond acceptors (Lipinski definition) is 3. The van der Waals surface area contributed by atoms with E-state index >= 15 is 0 Å². The monoisotopic (exact) mass is 398 g/mol. The lowest BCUT2D eigenvalue weighted by Crippen LogP contribution is -2.24. The van der Waals surface area contributed by atoms with Crippen LogP contribution in [0.3, 0.4) is 0 Å². The first-order valence-corrected chi connectivity index (χ1v) is 9.06. The van der Waals surface area contributed by atoms with Gasteiger partial charge in [0.15, 0.2) is 5.11 Å². The molecule has 0 fully saturated rings. The van der Waals surface area contributed by atoms with Crippen LogP contribution in [0.4, 0.5) is 5.69 Å². The van der Waals surface area contributed by atoms with Gasteiger partial charge in [-0.05, 0) is 54.2 Å². The van der Waals surface area contributed by atoms with E-state index in [1.165, 1.54) is 0 Å². The van der Waals surface area contributed by atoms with E-state index in [1.807, 2.05) is 66.9 Å². The molecule has 27 heavy (non-hydrogen) atoms. The van der Waals surface area contributed by atoms with Gasteiger partial charge in [0.1, 0.15) is 5.75 Å². The third-order valence-electron chi connectivity index (χ3n) is 3.82. The minimum atomic E-state index is 0.398. The molecule has 0 aliphatic rings. The van der Waals surface area contributed by atoms with Crippen molar-refractivity contribution in [2.75, 3.05) is 12.4 Å². The van der Waals surface area contributed by atoms with Gasteiger partial charge in [-0.1, -0.05) is 29.8 Å². The molecule has 1 heterocycles. The fourth-order valence-electron chi connectivity index (χ4n) is 2.49. The second kappa shape index (κ2) is 9.21. The van der Waals surface area contributed by atoms with Crippen LogP contribution in [0.15, 0.2) is 72.0 Å². The Bertz CT molecular complexity index is 937. The molecule has 7 heteroatoms. The van der Waals surface area contributed by atoms with Gasteiger partial charge in [-0.3, -0.25) is 5.43 Å². The molecular weight excluding hydrogens is 380 g/mol. The van der Waals surface area contributed by atoms with E-state index in [0.717, 1.165) is 34.3 Å². The number of benzene rings is 2. The topological polar surface area (TPSA) is 50.6 Å². The second-order valence-electron chi connectivity index (χ2n) is 5.74. The molecule has 3 rings (SSSR count). The van der Waals surface area contributed by atoms with Crippen molar-refractivity contribution in [2.45, 2.75) is 6.54 Å². The van der Waals surface area contributed by atoms with Crippen LogP contribution in [0.5, 0.6) is 5.75 Å². The summed E-state index contributed by atoms with van der Waals surface area (Å²) >= 11 is 11.2. The van der Waals surface area contributed by atoms with Gasteiger partial charge in [0, 0.05) is 29.5 Å². The molecule has 3 aromatic rings. The smallest absolute Gasteiger partial charge is 0.191 e. The van der Waals surface area contributed by atoms with Gasteiger partial charge < -0.3 is 14.6 Å². The van der Waals surface area contributed by atoms with Gasteiger partial charge in [0.25, 0.3) is 0 Å². The van der Waals surface area contributed by atoms with Crippen LogP contribution in [0.25, 0.3) is 0 Å².